The third-order valence-corrected chi connectivity index (χ3v) is 10.7. The van der Waals surface area contributed by atoms with Crippen molar-refractivity contribution in [3.8, 4) is 11.5 Å². The number of carbonyl (C=O) groups excluding carboxylic acids is 4. The lowest BCUT2D eigenvalue weighted by atomic mass is 9.51. The summed E-state index contributed by atoms with van der Waals surface area (Å²) in [6.07, 6.45) is 2.47. The number of phenols is 1. The van der Waals surface area contributed by atoms with E-state index in [-0.39, 0.29) is 41.5 Å². The lowest BCUT2D eigenvalue weighted by Gasteiger charge is -2.49. The number of para-hydroxylation sites is 2. The molecule has 2 heterocycles. The van der Waals surface area contributed by atoms with Crippen molar-refractivity contribution in [1.82, 2.24) is 0 Å². The second-order valence-corrected chi connectivity index (χ2v) is 12.7. The molecule has 2 aliphatic carbocycles. The van der Waals surface area contributed by atoms with E-state index in [9.17, 15) is 24.3 Å². The number of ether oxygens (including phenoxy) is 1. The summed E-state index contributed by atoms with van der Waals surface area (Å²) in [5.74, 6) is -4.61. The van der Waals surface area contributed by atoms with Crippen LogP contribution in [0.2, 0.25) is 5.02 Å². The summed E-state index contributed by atoms with van der Waals surface area (Å²) in [4.78, 5) is 59.2. The van der Waals surface area contributed by atoms with Crippen molar-refractivity contribution in [3.05, 3.63) is 94.5 Å². The van der Waals surface area contributed by atoms with Crippen LogP contribution in [0.3, 0.4) is 0 Å². The number of hydrogen-bond donors (Lipinski definition) is 1. The number of amides is 4. The molecule has 0 spiro atoms. The Labute approximate surface area is 259 Å². The van der Waals surface area contributed by atoms with Crippen molar-refractivity contribution in [3.63, 3.8) is 0 Å². The van der Waals surface area contributed by atoms with E-state index in [2.05, 4.69) is 0 Å². The van der Waals surface area contributed by atoms with Crippen molar-refractivity contribution >= 4 is 46.6 Å². The second kappa shape index (κ2) is 10.1. The molecule has 2 aliphatic heterocycles. The molecule has 0 bridgehead atoms. The molecule has 44 heavy (non-hydrogen) atoms. The van der Waals surface area contributed by atoms with E-state index >= 15 is 0 Å². The molecule has 4 amide bonds. The Hall–Kier alpha value is -4.43. The highest BCUT2D eigenvalue weighted by Crippen LogP contribution is 2.65. The zero-order valence-electron chi connectivity index (χ0n) is 24.5. The summed E-state index contributed by atoms with van der Waals surface area (Å²) in [5.41, 5.74) is 1.68. The molecular formula is C35H31ClN2O6. The Morgan fingerprint density at radius 3 is 2.34 bits per heavy atom. The van der Waals surface area contributed by atoms with E-state index in [1.807, 2.05) is 19.1 Å². The number of carbonyl (C=O) groups is 4. The fourth-order valence-corrected chi connectivity index (χ4v) is 8.27. The molecule has 224 valence electrons. The fraction of sp³-hybridized carbons (Fsp3) is 0.314. The topological polar surface area (TPSA) is 104 Å². The molecule has 1 N–H and O–H groups in total. The highest BCUT2D eigenvalue weighted by molar-refractivity contribution is 6.32. The quantitative estimate of drug-likeness (QED) is 0.296. The lowest BCUT2D eigenvalue weighted by Crippen LogP contribution is -2.48. The number of nitrogens with zero attached hydrogens (tertiary/aromatic N) is 2. The average molecular weight is 611 g/mol. The van der Waals surface area contributed by atoms with Crippen LogP contribution in [0.4, 0.5) is 11.4 Å². The number of benzene rings is 3. The molecular weight excluding hydrogens is 580 g/mol. The van der Waals surface area contributed by atoms with Gasteiger partial charge in [0.15, 0.2) is 11.5 Å². The Morgan fingerprint density at radius 2 is 1.64 bits per heavy atom. The first kappa shape index (κ1) is 28.3. The molecule has 7 rings (SSSR count). The Bertz CT molecular complexity index is 1790. The van der Waals surface area contributed by atoms with Gasteiger partial charge in [0.2, 0.25) is 23.6 Å². The number of phenolic OH excluding ortho intramolecular Hbond substituents is 1. The van der Waals surface area contributed by atoms with E-state index in [0.717, 1.165) is 11.1 Å². The Morgan fingerprint density at radius 1 is 0.886 bits per heavy atom. The number of hydrogen-bond acceptors (Lipinski definition) is 6. The fourth-order valence-electron chi connectivity index (χ4n) is 8.09. The highest BCUT2D eigenvalue weighted by Gasteiger charge is 2.68. The number of aryl methyl sites for hydroxylation is 1. The van der Waals surface area contributed by atoms with E-state index in [1.54, 1.807) is 67.6 Å². The highest BCUT2D eigenvalue weighted by atomic mass is 35.5. The van der Waals surface area contributed by atoms with Crippen LogP contribution in [0.5, 0.6) is 11.5 Å². The van der Waals surface area contributed by atoms with Gasteiger partial charge in [0.25, 0.3) is 0 Å². The van der Waals surface area contributed by atoms with Crippen molar-refractivity contribution in [1.29, 1.82) is 0 Å². The molecule has 3 aromatic carbocycles. The van der Waals surface area contributed by atoms with Gasteiger partial charge in [0.05, 0.1) is 41.7 Å². The normalized spacial score (nSPS) is 29.4. The van der Waals surface area contributed by atoms with Crippen LogP contribution in [0.15, 0.2) is 78.4 Å². The van der Waals surface area contributed by atoms with E-state index in [1.165, 1.54) is 16.9 Å². The second-order valence-electron chi connectivity index (χ2n) is 12.3. The number of aromatic hydroxyl groups is 1. The lowest BCUT2D eigenvalue weighted by molar-refractivity contribution is -0.131. The summed E-state index contributed by atoms with van der Waals surface area (Å²) >= 11 is 6.38. The average Bonchev–Trinajstić information content (AvgIpc) is 3.39. The summed E-state index contributed by atoms with van der Waals surface area (Å²) < 4.78 is 5.43. The number of halogens is 1. The zero-order valence-corrected chi connectivity index (χ0v) is 25.2. The zero-order chi connectivity index (χ0) is 31.1. The third-order valence-electron chi connectivity index (χ3n) is 10.3. The monoisotopic (exact) mass is 610 g/mol. The molecule has 2 saturated heterocycles. The maximum atomic E-state index is 14.5. The number of allylic oxidation sites excluding steroid dienone is 2. The molecule has 3 aromatic rings. The van der Waals surface area contributed by atoms with Gasteiger partial charge < -0.3 is 9.84 Å². The van der Waals surface area contributed by atoms with Gasteiger partial charge in [0, 0.05) is 16.5 Å². The van der Waals surface area contributed by atoms with Crippen molar-refractivity contribution < 1.29 is 29.0 Å². The number of imide groups is 2. The first-order valence-electron chi connectivity index (χ1n) is 14.7. The van der Waals surface area contributed by atoms with Crippen LogP contribution < -0.4 is 14.5 Å². The van der Waals surface area contributed by atoms with E-state index in [0.29, 0.717) is 28.4 Å². The van der Waals surface area contributed by atoms with Gasteiger partial charge in [-0.1, -0.05) is 59.6 Å². The molecule has 1 saturated carbocycles. The van der Waals surface area contributed by atoms with Crippen molar-refractivity contribution in [2.24, 2.45) is 29.1 Å². The minimum absolute atomic E-state index is 0.119. The smallest absolute Gasteiger partial charge is 0.241 e. The van der Waals surface area contributed by atoms with Gasteiger partial charge in [-0.25, -0.2) is 9.80 Å². The molecule has 0 radical (unpaired) electrons. The van der Waals surface area contributed by atoms with E-state index in [4.69, 9.17) is 16.3 Å². The van der Waals surface area contributed by atoms with Crippen molar-refractivity contribution in [2.45, 2.75) is 32.6 Å². The predicted molar refractivity (Wildman–Crippen MR) is 164 cm³/mol. The van der Waals surface area contributed by atoms with Crippen LogP contribution in [0.1, 0.15) is 36.8 Å². The largest absolute Gasteiger partial charge is 0.504 e. The van der Waals surface area contributed by atoms with Crippen LogP contribution in [-0.2, 0) is 19.2 Å². The van der Waals surface area contributed by atoms with Gasteiger partial charge >= 0.3 is 0 Å². The van der Waals surface area contributed by atoms with Gasteiger partial charge in [-0.05, 0) is 68.5 Å². The van der Waals surface area contributed by atoms with Gasteiger partial charge in [0.1, 0.15) is 0 Å². The predicted octanol–water partition coefficient (Wildman–Crippen LogP) is 5.80. The summed E-state index contributed by atoms with van der Waals surface area (Å²) in [5, 5.41) is 11.9. The minimum atomic E-state index is -1.26. The van der Waals surface area contributed by atoms with Gasteiger partial charge in [-0.2, -0.15) is 0 Å². The Kier molecular flexibility index (Phi) is 6.48. The van der Waals surface area contributed by atoms with Crippen LogP contribution in [-0.4, -0.2) is 35.8 Å². The molecule has 0 aromatic heterocycles. The minimum Gasteiger partial charge on any atom is -0.504 e. The third kappa shape index (κ3) is 3.76. The molecule has 6 atom stereocenters. The SMILES string of the molecule is COc1cccc([C@H]2C3=CC[C@@H]4C(=O)N(c5ccc(C)c(Cl)c5)C(=O)[C@@H]4[C@@H]3C[C@H]3C(=O)N(c4ccccc4)C(=O)[C@@]23C)c1O. The molecule has 0 unspecified atom stereocenters. The number of methoxy groups -OCH3 is 1. The van der Waals surface area contributed by atoms with Crippen LogP contribution in [0.25, 0.3) is 0 Å². The molecule has 8 nitrogen and oxygen atoms in total. The standard InChI is InChI=1S/C35H31ClN2O6/c1-18-12-13-20(16-26(18)36)37-31(40)22-15-14-21-24(28(22)33(37)42)17-25-32(41)38(19-8-5-4-6-9-19)34(43)35(25,2)29(21)23-10-7-11-27(44-3)30(23)39/h4-14,16,22,24-25,28-29,39H,15,17H2,1-3H3/t22-,24+,25-,28-,29+,35+/m0/s1. The Balaban J connectivity index is 1.38. The van der Waals surface area contributed by atoms with Crippen molar-refractivity contribution in [2.75, 3.05) is 16.9 Å². The summed E-state index contributed by atoms with van der Waals surface area (Å²) in [7, 11) is 1.45. The number of fused-ring (bicyclic) bond motifs is 4. The van der Waals surface area contributed by atoms with Crippen LogP contribution in [0, 0.1) is 36.0 Å². The van der Waals surface area contributed by atoms with Gasteiger partial charge in [-0.3, -0.25) is 19.2 Å². The maximum Gasteiger partial charge on any atom is 0.241 e. The molecule has 9 heteroatoms. The first-order valence-corrected chi connectivity index (χ1v) is 15.1. The first-order chi connectivity index (χ1) is 21.1. The number of anilines is 2. The summed E-state index contributed by atoms with van der Waals surface area (Å²) in [6, 6.07) is 19.0. The van der Waals surface area contributed by atoms with Gasteiger partial charge in [-0.15, -0.1) is 0 Å². The van der Waals surface area contributed by atoms with E-state index < -0.39 is 35.0 Å². The number of rotatable bonds is 4. The molecule has 4 aliphatic rings. The molecule has 3 fully saturated rings. The summed E-state index contributed by atoms with van der Waals surface area (Å²) in [6.45, 7) is 3.64. The maximum absolute atomic E-state index is 14.5. The van der Waals surface area contributed by atoms with Crippen LogP contribution >= 0.6 is 11.6 Å².